The van der Waals surface area contributed by atoms with Gasteiger partial charge in [0.1, 0.15) is 0 Å². The van der Waals surface area contributed by atoms with Crippen molar-refractivity contribution in [3.63, 3.8) is 0 Å². The van der Waals surface area contributed by atoms with Crippen LogP contribution in [0.1, 0.15) is 0 Å². The number of nitro groups is 1. The highest BCUT2D eigenvalue weighted by atomic mass is 32.2. The zero-order chi connectivity index (χ0) is 19.8. The predicted molar refractivity (Wildman–Crippen MR) is 82.5 cm³/mol. The van der Waals surface area contributed by atoms with E-state index in [-0.39, 0.29) is 21.8 Å². The van der Waals surface area contributed by atoms with Crippen LogP contribution < -0.4 is 0 Å². The van der Waals surface area contributed by atoms with Crippen LogP contribution in [0.5, 0.6) is 0 Å². The highest BCUT2D eigenvalue weighted by Gasteiger charge is 2.47. The molecule has 0 atom stereocenters. The standard InChI is InChI=1S/C13H6F3N3O6S2/c14-13(15,16)27(22,23)7-3-4-10(8(6-7)19(20)21)26-12-18-17-11(25-12)9-2-1-5-24-9/h1-6H. The normalized spacial score (nSPS) is 12.3. The second kappa shape index (κ2) is 6.70. The van der Waals surface area contributed by atoms with E-state index in [1.165, 1.54) is 12.3 Å². The van der Waals surface area contributed by atoms with Gasteiger partial charge in [0.2, 0.25) is 0 Å². The van der Waals surface area contributed by atoms with Crippen LogP contribution in [0, 0.1) is 10.1 Å². The average Bonchev–Trinajstić information content (AvgIpc) is 3.24. The maximum absolute atomic E-state index is 12.6. The summed E-state index contributed by atoms with van der Waals surface area (Å²) in [7, 11) is -5.73. The Labute approximate surface area is 152 Å². The van der Waals surface area contributed by atoms with Crippen molar-refractivity contribution < 1.29 is 35.3 Å². The second-order valence-electron chi connectivity index (χ2n) is 4.79. The van der Waals surface area contributed by atoms with Gasteiger partial charge >= 0.3 is 5.51 Å². The predicted octanol–water partition coefficient (Wildman–Crippen LogP) is 3.68. The molecule has 9 nitrogen and oxygen atoms in total. The number of nitro benzene ring substituents is 1. The van der Waals surface area contributed by atoms with E-state index in [0.29, 0.717) is 23.9 Å². The van der Waals surface area contributed by atoms with Crippen molar-refractivity contribution in [1.29, 1.82) is 0 Å². The van der Waals surface area contributed by atoms with Gasteiger partial charge in [0.15, 0.2) is 5.76 Å². The summed E-state index contributed by atoms with van der Waals surface area (Å²) in [6, 6.07) is 4.90. The van der Waals surface area contributed by atoms with E-state index in [4.69, 9.17) is 8.83 Å². The van der Waals surface area contributed by atoms with Crippen LogP contribution >= 0.6 is 11.8 Å². The largest absolute Gasteiger partial charge is 0.501 e. The average molecular weight is 421 g/mol. The van der Waals surface area contributed by atoms with Crippen molar-refractivity contribution in [3.8, 4) is 11.7 Å². The van der Waals surface area contributed by atoms with Gasteiger partial charge in [-0.05, 0) is 36.0 Å². The summed E-state index contributed by atoms with van der Waals surface area (Å²) in [5, 5.41) is 18.3. The molecule has 27 heavy (non-hydrogen) atoms. The van der Waals surface area contributed by atoms with Gasteiger partial charge in [-0.1, -0.05) is 0 Å². The van der Waals surface area contributed by atoms with Gasteiger partial charge < -0.3 is 8.83 Å². The first-order chi connectivity index (χ1) is 12.6. The van der Waals surface area contributed by atoms with E-state index in [9.17, 15) is 31.7 Å². The molecule has 2 heterocycles. The molecule has 0 unspecified atom stereocenters. The summed E-state index contributed by atoms with van der Waals surface area (Å²) in [4.78, 5) is 8.73. The number of aromatic nitrogens is 2. The fourth-order valence-corrected chi connectivity index (χ4v) is 3.42. The molecule has 0 bridgehead atoms. The molecule has 142 valence electrons. The van der Waals surface area contributed by atoms with Crippen molar-refractivity contribution >= 4 is 27.3 Å². The number of hydrogen-bond donors (Lipinski definition) is 0. The van der Waals surface area contributed by atoms with E-state index < -0.39 is 30.9 Å². The maximum Gasteiger partial charge on any atom is 0.501 e. The van der Waals surface area contributed by atoms with Crippen molar-refractivity contribution in [1.82, 2.24) is 10.2 Å². The van der Waals surface area contributed by atoms with Crippen LogP contribution in [0.4, 0.5) is 18.9 Å². The van der Waals surface area contributed by atoms with Crippen LogP contribution in [0.15, 0.2) is 60.4 Å². The lowest BCUT2D eigenvalue weighted by Gasteiger charge is -2.08. The van der Waals surface area contributed by atoms with Crippen LogP contribution in [0.25, 0.3) is 11.7 Å². The molecule has 0 radical (unpaired) electrons. The minimum absolute atomic E-state index is 0.0126. The molecule has 0 spiro atoms. The highest BCUT2D eigenvalue weighted by molar-refractivity contribution is 7.99. The number of rotatable bonds is 5. The van der Waals surface area contributed by atoms with Gasteiger partial charge in [-0.25, -0.2) is 8.42 Å². The first kappa shape index (κ1) is 18.9. The molecule has 2 aromatic heterocycles. The molecule has 0 N–H and O–H groups in total. The van der Waals surface area contributed by atoms with Gasteiger partial charge in [0.25, 0.3) is 26.6 Å². The highest BCUT2D eigenvalue weighted by Crippen LogP contribution is 2.39. The Morgan fingerprint density at radius 2 is 1.93 bits per heavy atom. The lowest BCUT2D eigenvalue weighted by atomic mass is 10.3. The Kier molecular flexibility index (Phi) is 4.69. The fourth-order valence-electron chi connectivity index (χ4n) is 1.87. The van der Waals surface area contributed by atoms with E-state index in [2.05, 4.69) is 10.2 Å². The van der Waals surface area contributed by atoms with E-state index in [1.54, 1.807) is 6.07 Å². The Morgan fingerprint density at radius 3 is 2.52 bits per heavy atom. The molecule has 0 saturated carbocycles. The number of alkyl halides is 3. The summed E-state index contributed by atoms with van der Waals surface area (Å²) < 4.78 is 71.0. The van der Waals surface area contributed by atoms with Gasteiger partial charge in [0.05, 0.1) is 21.0 Å². The van der Waals surface area contributed by atoms with E-state index in [1.807, 2.05) is 0 Å². The first-order valence-corrected chi connectivity index (χ1v) is 9.04. The third-order valence-corrected chi connectivity index (χ3v) is 5.47. The van der Waals surface area contributed by atoms with Crippen molar-refractivity contribution in [3.05, 3.63) is 46.7 Å². The molecular formula is C13H6F3N3O6S2. The number of sulfone groups is 1. The van der Waals surface area contributed by atoms with Crippen LogP contribution in [-0.2, 0) is 9.84 Å². The first-order valence-electron chi connectivity index (χ1n) is 6.74. The maximum atomic E-state index is 12.6. The number of nitrogens with zero attached hydrogens (tertiary/aromatic N) is 3. The second-order valence-corrected chi connectivity index (χ2v) is 7.72. The fraction of sp³-hybridized carbons (Fsp3) is 0.0769. The summed E-state index contributed by atoms with van der Waals surface area (Å²) in [5.74, 6) is 0.233. The molecule has 14 heteroatoms. The Hall–Kier alpha value is -2.87. The molecule has 0 amide bonds. The number of benzene rings is 1. The van der Waals surface area contributed by atoms with Gasteiger partial charge in [-0.15, -0.1) is 10.2 Å². The Balaban J connectivity index is 1.96. The van der Waals surface area contributed by atoms with Crippen LogP contribution in [0.2, 0.25) is 0 Å². The molecule has 0 aliphatic carbocycles. The Bertz CT molecular complexity index is 1090. The molecular weight excluding hydrogens is 415 g/mol. The van der Waals surface area contributed by atoms with Gasteiger partial charge in [-0.3, -0.25) is 10.1 Å². The van der Waals surface area contributed by atoms with Crippen molar-refractivity contribution in [2.24, 2.45) is 0 Å². The molecule has 0 aliphatic rings. The molecule has 0 saturated heterocycles. The third kappa shape index (κ3) is 3.66. The van der Waals surface area contributed by atoms with Crippen LogP contribution in [-0.4, -0.2) is 29.0 Å². The summed E-state index contributed by atoms with van der Waals surface area (Å²) in [6.45, 7) is 0. The summed E-state index contributed by atoms with van der Waals surface area (Å²) in [6.07, 6.45) is 1.36. The Morgan fingerprint density at radius 1 is 1.19 bits per heavy atom. The van der Waals surface area contributed by atoms with Gasteiger partial charge in [0, 0.05) is 6.07 Å². The molecule has 3 aromatic rings. The van der Waals surface area contributed by atoms with Gasteiger partial charge in [-0.2, -0.15) is 13.2 Å². The lowest BCUT2D eigenvalue weighted by molar-refractivity contribution is -0.388. The topological polar surface area (TPSA) is 129 Å². The minimum atomic E-state index is -5.73. The van der Waals surface area contributed by atoms with Crippen molar-refractivity contribution in [2.45, 2.75) is 20.5 Å². The van der Waals surface area contributed by atoms with E-state index >= 15 is 0 Å². The minimum Gasteiger partial charge on any atom is -0.459 e. The number of furan rings is 1. The smallest absolute Gasteiger partial charge is 0.459 e. The molecule has 3 rings (SSSR count). The zero-order valence-corrected chi connectivity index (χ0v) is 14.3. The number of halogens is 3. The monoisotopic (exact) mass is 421 g/mol. The number of hydrogen-bond acceptors (Lipinski definition) is 9. The quantitative estimate of drug-likeness (QED) is 0.447. The van der Waals surface area contributed by atoms with Crippen molar-refractivity contribution in [2.75, 3.05) is 0 Å². The SMILES string of the molecule is O=[N+]([O-])c1cc(S(=O)(=O)C(F)(F)F)ccc1Sc1nnc(-c2ccco2)o1. The molecule has 1 aromatic carbocycles. The summed E-state index contributed by atoms with van der Waals surface area (Å²) >= 11 is 0.588. The lowest BCUT2D eigenvalue weighted by Crippen LogP contribution is -2.23. The molecule has 0 fully saturated rings. The summed E-state index contributed by atoms with van der Waals surface area (Å²) in [5.41, 5.74) is -6.44. The third-order valence-electron chi connectivity index (χ3n) is 3.08. The zero-order valence-electron chi connectivity index (χ0n) is 12.7. The van der Waals surface area contributed by atoms with Crippen LogP contribution in [0.3, 0.4) is 0 Å². The molecule has 0 aliphatic heterocycles. The van der Waals surface area contributed by atoms with E-state index in [0.717, 1.165) is 6.07 Å².